The van der Waals surface area contributed by atoms with E-state index in [9.17, 15) is 4.79 Å². The summed E-state index contributed by atoms with van der Waals surface area (Å²) in [7, 11) is 0. The maximum Gasteiger partial charge on any atom is 0.251 e. The van der Waals surface area contributed by atoms with Gasteiger partial charge in [0.25, 0.3) is 5.91 Å². The van der Waals surface area contributed by atoms with E-state index in [1.807, 2.05) is 26.8 Å². The first-order chi connectivity index (χ1) is 8.48. The molecule has 0 aliphatic heterocycles. The van der Waals surface area contributed by atoms with E-state index in [1.165, 1.54) is 0 Å². The van der Waals surface area contributed by atoms with Crippen LogP contribution >= 0.6 is 23.2 Å². The summed E-state index contributed by atoms with van der Waals surface area (Å²) in [6, 6.07) is 5.31. The van der Waals surface area contributed by atoms with Crippen LogP contribution in [-0.4, -0.2) is 17.3 Å². The van der Waals surface area contributed by atoms with Gasteiger partial charge in [-0.2, -0.15) is 0 Å². The average molecular weight is 288 g/mol. The number of hydrogen-bond acceptors (Lipinski definition) is 1. The van der Waals surface area contributed by atoms with E-state index in [4.69, 9.17) is 23.2 Å². The highest BCUT2D eigenvalue weighted by Gasteiger charge is 2.27. The van der Waals surface area contributed by atoms with Crippen molar-refractivity contribution in [3.63, 3.8) is 0 Å². The van der Waals surface area contributed by atoms with E-state index in [0.717, 1.165) is 18.4 Å². The number of rotatable bonds is 5. The van der Waals surface area contributed by atoms with Gasteiger partial charge < -0.3 is 5.32 Å². The SMILES string of the molecule is CCC(CC)(CCl)NC(=O)c1ccc(C)c(Cl)c1. The predicted molar refractivity (Wildman–Crippen MR) is 77.7 cm³/mol. The normalized spacial score (nSPS) is 11.4. The van der Waals surface area contributed by atoms with Crippen molar-refractivity contribution in [1.82, 2.24) is 5.32 Å². The Kier molecular flexibility index (Phi) is 5.48. The topological polar surface area (TPSA) is 29.1 Å². The molecule has 1 aromatic carbocycles. The van der Waals surface area contributed by atoms with Crippen LogP contribution in [0.3, 0.4) is 0 Å². The van der Waals surface area contributed by atoms with Crippen LogP contribution in [0.5, 0.6) is 0 Å². The zero-order chi connectivity index (χ0) is 13.8. The lowest BCUT2D eigenvalue weighted by Crippen LogP contribution is -2.49. The van der Waals surface area contributed by atoms with E-state index in [1.54, 1.807) is 12.1 Å². The lowest BCUT2D eigenvalue weighted by molar-refractivity contribution is 0.0902. The van der Waals surface area contributed by atoms with Gasteiger partial charge in [-0.15, -0.1) is 11.6 Å². The third kappa shape index (κ3) is 3.39. The molecule has 0 atom stereocenters. The second-order valence-corrected chi connectivity index (χ2v) is 5.21. The Bertz CT molecular complexity index is 420. The quantitative estimate of drug-likeness (QED) is 0.809. The molecular formula is C14H19Cl2NO. The first kappa shape index (κ1) is 15.3. The van der Waals surface area contributed by atoms with Gasteiger partial charge in [0.05, 0.1) is 5.54 Å². The molecule has 0 heterocycles. The standard InChI is InChI=1S/C14H19Cl2NO/c1-4-14(5-2,9-15)17-13(18)11-7-6-10(3)12(16)8-11/h6-8H,4-5,9H2,1-3H3,(H,17,18). The number of nitrogens with one attached hydrogen (secondary N) is 1. The number of aryl methyl sites for hydroxylation is 1. The average Bonchev–Trinajstić information content (AvgIpc) is 2.39. The molecule has 0 spiro atoms. The highest BCUT2D eigenvalue weighted by atomic mass is 35.5. The molecule has 1 rings (SSSR count). The molecule has 0 fully saturated rings. The Morgan fingerprint density at radius 3 is 2.39 bits per heavy atom. The summed E-state index contributed by atoms with van der Waals surface area (Å²) >= 11 is 12.0. The molecule has 1 amide bonds. The van der Waals surface area contributed by atoms with Crippen LogP contribution in [-0.2, 0) is 0 Å². The summed E-state index contributed by atoms with van der Waals surface area (Å²) in [4.78, 5) is 12.2. The second-order valence-electron chi connectivity index (χ2n) is 4.54. The third-order valence-corrected chi connectivity index (χ3v) is 4.34. The predicted octanol–water partition coefficient (Wildman–Crippen LogP) is 4.18. The van der Waals surface area contributed by atoms with Crippen molar-refractivity contribution in [2.24, 2.45) is 0 Å². The van der Waals surface area contributed by atoms with Crippen LogP contribution in [0.15, 0.2) is 18.2 Å². The number of halogens is 2. The highest BCUT2D eigenvalue weighted by molar-refractivity contribution is 6.31. The van der Waals surface area contributed by atoms with Crippen LogP contribution in [0.4, 0.5) is 0 Å². The largest absolute Gasteiger partial charge is 0.345 e. The van der Waals surface area contributed by atoms with Crippen molar-refractivity contribution in [1.29, 1.82) is 0 Å². The summed E-state index contributed by atoms with van der Waals surface area (Å²) in [5.74, 6) is 0.284. The van der Waals surface area contributed by atoms with Crippen molar-refractivity contribution in [2.75, 3.05) is 5.88 Å². The minimum atomic E-state index is -0.337. The van der Waals surface area contributed by atoms with Crippen molar-refractivity contribution >= 4 is 29.1 Å². The first-order valence-electron chi connectivity index (χ1n) is 6.12. The second kappa shape index (κ2) is 6.44. The molecule has 0 aliphatic rings. The Balaban J connectivity index is 2.90. The first-order valence-corrected chi connectivity index (χ1v) is 7.04. The zero-order valence-corrected chi connectivity index (χ0v) is 12.5. The van der Waals surface area contributed by atoms with E-state index >= 15 is 0 Å². The van der Waals surface area contributed by atoms with E-state index in [0.29, 0.717) is 16.5 Å². The Hall–Kier alpha value is -0.730. The lowest BCUT2D eigenvalue weighted by Gasteiger charge is -2.30. The van der Waals surface area contributed by atoms with Crippen LogP contribution in [0.25, 0.3) is 0 Å². The summed E-state index contributed by atoms with van der Waals surface area (Å²) < 4.78 is 0. The van der Waals surface area contributed by atoms with Gasteiger partial charge in [0.15, 0.2) is 0 Å². The molecule has 1 N–H and O–H groups in total. The minimum Gasteiger partial charge on any atom is -0.345 e. The van der Waals surface area contributed by atoms with Crippen molar-refractivity contribution in [3.8, 4) is 0 Å². The summed E-state index contributed by atoms with van der Waals surface area (Å²) in [6.07, 6.45) is 1.61. The molecule has 0 radical (unpaired) electrons. The molecule has 100 valence electrons. The van der Waals surface area contributed by atoms with E-state index in [2.05, 4.69) is 5.32 Å². The van der Waals surface area contributed by atoms with Gasteiger partial charge in [-0.1, -0.05) is 31.5 Å². The number of carbonyl (C=O) groups excluding carboxylic acids is 1. The van der Waals surface area contributed by atoms with E-state index in [-0.39, 0.29) is 11.4 Å². The molecule has 0 bridgehead atoms. The van der Waals surface area contributed by atoms with Crippen molar-refractivity contribution < 1.29 is 4.79 Å². The maximum absolute atomic E-state index is 12.2. The molecule has 1 aromatic rings. The summed E-state index contributed by atoms with van der Waals surface area (Å²) in [6.45, 7) is 5.95. The molecular weight excluding hydrogens is 269 g/mol. The molecule has 0 unspecified atom stereocenters. The number of amides is 1. The van der Waals surface area contributed by atoms with Gasteiger partial charge in [0.1, 0.15) is 0 Å². The summed E-state index contributed by atoms with van der Waals surface area (Å²) in [5, 5.41) is 3.62. The number of carbonyl (C=O) groups is 1. The van der Waals surface area contributed by atoms with Crippen LogP contribution in [0, 0.1) is 6.92 Å². The molecule has 0 aliphatic carbocycles. The van der Waals surface area contributed by atoms with E-state index < -0.39 is 0 Å². The van der Waals surface area contributed by atoms with Gasteiger partial charge in [0, 0.05) is 16.5 Å². The van der Waals surface area contributed by atoms with Gasteiger partial charge in [-0.05, 0) is 37.5 Å². The fraction of sp³-hybridized carbons (Fsp3) is 0.500. The lowest BCUT2D eigenvalue weighted by atomic mass is 9.94. The molecule has 4 heteroatoms. The van der Waals surface area contributed by atoms with Crippen molar-refractivity contribution in [3.05, 3.63) is 34.3 Å². The third-order valence-electron chi connectivity index (χ3n) is 3.42. The smallest absolute Gasteiger partial charge is 0.251 e. The van der Waals surface area contributed by atoms with Crippen LogP contribution < -0.4 is 5.32 Å². The van der Waals surface area contributed by atoms with Crippen LogP contribution in [0.1, 0.15) is 42.6 Å². The highest BCUT2D eigenvalue weighted by Crippen LogP contribution is 2.20. The molecule has 0 aromatic heterocycles. The maximum atomic E-state index is 12.2. The van der Waals surface area contributed by atoms with Gasteiger partial charge >= 0.3 is 0 Å². The monoisotopic (exact) mass is 287 g/mol. The fourth-order valence-corrected chi connectivity index (χ4v) is 2.32. The summed E-state index contributed by atoms with van der Waals surface area (Å²) in [5.41, 5.74) is 1.19. The molecule has 0 saturated heterocycles. The van der Waals surface area contributed by atoms with Crippen LogP contribution in [0.2, 0.25) is 5.02 Å². The number of alkyl halides is 1. The Morgan fingerprint density at radius 1 is 1.33 bits per heavy atom. The minimum absolute atomic E-state index is 0.124. The number of hydrogen-bond donors (Lipinski definition) is 1. The Labute approximate surface area is 119 Å². The number of benzene rings is 1. The van der Waals surface area contributed by atoms with Gasteiger partial charge in [0.2, 0.25) is 0 Å². The Morgan fingerprint density at radius 2 is 1.94 bits per heavy atom. The zero-order valence-electron chi connectivity index (χ0n) is 11.0. The fourth-order valence-electron chi connectivity index (χ4n) is 1.70. The molecule has 0 saturated carbocycles. The van der Waals surface area contributed by atoms with Gasteiger partial charge in [-0.3, -0.25) is 4.79 Å². The van der Waals surface area contributed by atoms with Gasteiger partial charge in [-0.25, -0.2) is 0 Å². The van der Waals surface area contributed by atoms with Crippen molar-refractivity contribution in [2.45, 2.75) is 39.2 Å². The molecule has 18 heavy (non-hydrogen) atoms. The molecule has 2 nitrogen and oxygen atoms in total.